The number of ether oxygens (including phenoxy) is 1. The van der Waals surface area contributed by atoms with Gasteiger partial charge in [-0.05, 0) is 36.2 Å². The summed E-state index contributed by atoms with van der Waals surface area (Å²) in [7, 11) is -2.39. The van der Waals surface area contributed by atoms with Crippen molar-refractivity contribution in [3.63, 3.8) is 0 Å². The summed E-state index contributed by atoms with van der Waals surface area (Å²) in [5, 5.41) is 0. The number of carbonyl (C=O) groups is 2. The lowest BCUT2D eigenvalue weighted by Gasteiger charge is -2.18. The number of rotatable bonds is 6. The van der Waals surface area contributed by atoms with Gasteiger partial charge in [0.1, 0.15) is 0 Å². The van der Waals surface area contributed by atoms with Gasteiger partial charge >= 0.3 is 5.97 Å². The van der Waals surface area contributed by atoms with Crippen LogP contribution in [0.1, 0.15) is 47.1 Å². The summed E-state index contributed by atoms with van der Waals surface area (Å²) >= 11 is 0. The molecular formula is C20H23NO5S. The Morgan fingerprint density at radius 1 is 1.00 bits per heavy atom. The second-order valence-electron chi connectivity index (χ2n) is 7.06. The minimum atomic E-state index is -3.67. The maximum absolute atomic E-state index is 12.2. The smallest absolute Gasteiger partial charge is 0.338 e. The summed E-state index contributed by atoms with van der Waals surface area (Å²) in [6, 6.07) is 12.6. The van der Waals surface area contributed by atoms with Crippen LogP contribution >= 0.6 is 0 Å². The molecule has 0 saturated heterocycles. The number of hydrogen-bond donors (Lipinski definition) is 1. The van der Waals surface area contributed by atoms with E-state index in [1.165, 1.54) is 31.3 Å². The number of nitrogens with one attached hydrogen (secondary N) is 1. The predicted molar refractivity (Wildman–Crippen MR) is 102 cm³/mol. The first kappa shape index (κ1) is 20.8. The van der Waals surface area contributed by atoms with E-state index < -0.39 is 22.6 Å². The monoisotopic (exact) mass is 389 g/mol. The molecule has 0 aliphatic rings. The number of esters is 1. The Labute approximate surface area is 159 Å². The van der Waals surface area contributed by atoms with Crippen LogP contribution in [0.15, 0.2) is 53.4 Å². The molecule has 0 aromatic heterocycles. The van der Waals surface area contributed by atoms with Crippen LogP contribution in [-0.4, -0.2) is 33.8 Å². The molecule has 0 unspecified atom stereocenters. The molecule has 0 amide bonds. The molecule has 144 valence electrons. The topological polar surface area (TPSA) is 89.5 Å². The van der Waals surface area contributed by atoms with Gasteiger partial charge < -0.3 is 4.74 Å². The Morgan fingerprint density at radius 3 is 2.19 bits per heavy atom. The van der Waals surface area contributed by atoms with Crippen molar-refractivity contribution >= 4 is 21.8 Å². The van der Waals surface area contributed by atoms with Gasteiger partial charge in [-0.15, -0.1) is 0 Å². The van der Waals surface area contributed by atoms with Gasteiger partial charge in [-0.3, -0.25) is 4.79 Å². The highest BCUT2D eigenvalue weighted by atomic mass is 32.2. The number of Topliss-reactive ketones (excluding diaryl/α,β-unsaturated/α-hetero) is 1. The highest BCUT2D eigenvalue weighted by Crippen LogP contribution is 2.22. The maximum atomic E-state index is 12.2. The Kier molecular flexibility index (Phi) is 6.18. The van der Waals surface area contributed by atoms with Crippen LogP contribution in [-0.2, 0) is 20.2 Å². The Balaban J connectivity index is 2.05. The third-order valence-corrected chi connectivity index (χ3v) is 5.47. The molecule has 6 nitrogen and oxygen atoms in total. The highest BCUT2D eigenvalue weighted by Gasteiger charge is 2.17. The summed E-state index contributed by atoms with van der Waals surface area (Å²) in [6.07, 6.45) is 0. The molecule has 27 heavy (non-hydrogen) atoms. The minimum absolute atomic E-state index is 0.0211. The Morgan fingerprint density at radius 2 is 1.63 bits per heavy atom. The summed E-state index contributed by atoms with van der Waals surface area (Å²) in [5.74, 6) is -1.09. The van der Waals surface area contributed by atoms with Gasteiger partial charge in [0.25, 0.3) is 0 Å². The van der Waals surface area contributed by atoms with E-state index >= 15 is 0 Å². The van der Waals surface area contributed by atoms with E-state index in [1.807, 2.05) is 12.1 Å². The minimum Gasteiger partial charge on any atom is -0.454 e. The maximum Gasteiger partial charge on any atom is 0.338 e. The molecule has 2 aromatic carbocycles. The molecule has 0 aliphatic carbocycles. The van der Waals surface area contributed by atoms with Gasteiger partial charge in [0.15, 0.2) is 12.4 Å². The number of sulfonamides is 1. The van der Waals surface area contributed by atoms with E-state index in [9.17, 15) is 18.0 Å². The first-order valence-electron chi connectivity index (χ1n) is 8.39. The molecule has 2 aromatic rings. The second-order valence-corrected chi connectivity index (χ2v) is 8.95. The van der Waals surface area contributed by atoms with Crippen molar-refractivity contribution < 1.29 is 22.7 Å². The van der Waals surface area contributed by atoms with Gasteiger partial charge in [0, 0.05) is 5.56 Å². The van der Waals surface area contributed by atoms with Gasteiger partial charge in [0.05, 0.1) is 10.5 Å². The van der Waals surface area contributed by atoms with Crippen molar-refractivity contribution in [2.75, 3.05) is 13.7 Å². The van der Waals surface area contributed by atoms with E-state index in [4.69, 9.17) is 4.74 Å². The number of benzene rings is 2. The predicted octanol–water partition coefficient (Wildman–Crippen LogP) is 2.93. The molecule has 0 bridgehead atoms. The van der Waals surface area contributed by atoms with Gasteiger partial charge in [-0.25, -0.2) is 17.9 Å². The molecule has 0 atom stereocenters. The number of carbonyl (C=O) groups excluding carboxylic acids is 2. The van der Waals surface area contributed by atoms with Crippen molar-refractivity contribution in [3.05, 3.63) is 65.2 Å². The largest absolute Gasteiger partial charge is 0.454 e. The fourth-order valence-corrected chi connectivity index (χ4v) is 3.14. The zero-order valence-electron chi connectivity index (χ0n) is 15.8. The first-order valence-corrected chi connectivity index (χ1v) is 9.87. The highest BCUT2D eigenvalue weighted by molar-refractivity contribution is 7.89. The number of hydrogen-bond acceptors (Lipinski definition) is 5. The van der Waals surface area contributed by atoms with Gasteiger partial charge in [-0.1, -0.05) is 51.1 Å². The molecule has 0 spiro atoms. The average Bonchev–Trinajstić information content (AvgIpc) is 2.65. The third-order valence-electron chi connectivity index (χ3n) is 4.06. The van der Waals surface area contributed by atoms with E-state index in [-0.39, 0.29) is 21.7 Å². The lowest BCUT2D eigenvalue weighted by molar-refractivity contribution is 0.0474. The van der Waals surface area contributed by atoms with Crippen molar-refractivity contribution in [1.29, 1.82) is 0 Å². The molecule has 2 rings (SSSR count). The standard InChI is InChI=1S/C20H23NO5S/c1-20(2,3)16-10-8-14(9-11-16)18(22)13-26-19(23)15-6-5-7-17(12-15)27(24,25)21-4/h5-12,21H,13H2,1-4H3. The van der Waals surface area contributed by atoms with E-state index in [0.717, 1.165) is 5.56 Å². The summed E-state index contributed by atoms with van der Waals surface area (Å²) in [5.41, 5.74) is 1.58. The Bertz CT molecular complexity index is 941. The van der Waals surface area contributed by atoms with Crippen LogP contribution in [0, 0.1) is 0 Å². The van der Waals surface area contributed by atoms with Crippen molar-refractivity contribution in [3.8, 4) is 0 Å². The summed E-state index contributed by atoms with van der Waals surface area (Å²) < 4.78 is 30.8. The molecule has 0 saturated carbocycles. The van der Waals surface area contributed by atoms with Crippen LogP contribution in [0.2, 0.25) is 0 Å². The molecule has 0 fully saturated rings. The third kappa shape index (κ3) is 5.24. The molecular weight excluding hydrogens is 366 g/mol. The summed E-state index contributed by atoms with van der Waals surface area (Å²) in [4.78, 5) is 24.3. The molecule has 0 radical (unpaired) electrons. The quantitative estimate of drug-likeness (QED) is 0.606. The van der Waals surface area contributed by atoms with E-state index in [1.54, 1.807) is 12.1 Å². The van der Waals surface area contributed by atoms with Crippen molar-refractivity contribution in [2.24, 2.45) is 0 Å². The zero-order chi connectivity index (χ0) is 20.2. The average molecular weight is 389 g/mol. The SMILES string of the molecule is CNS(=O)(=O)c1cccc(C(=O)OCC(=O)c2ccc(C(C)(C)C)cc2)c1. The molecule has 0 aliphatic heterocycles. The second kappa shape index (κ2) is 8.02. The van der Waals surface area contributed by atoms with Crippen LogP contribution in [0.4, 0.5) is 0 Å². The van der Waals surface area contributed by atoms with Gasteiger partial charge in [0.2, 0.25) is 10.0 Å². The lowest BCUT2D eigenvalue weighted by Crippen LogP contribution is -2.19. The van der Waals surface area contributed by atoms with Crippen LogP contribution in [0.5, 0.6) is 0 Å². The van der Waals surface area contributed by atoms with Crippen molar-refractivity contribution in [1.82, 2.24) is 4.72 Å². The normalized spacial score (nSPS) is 11.9. The molecule has 0 heterocycles. The van der Waals surface area contributed by atoms with Crippen LogP contribution < -0.4 is 4.72 Å². The van der Waals surface area contributed by atoms with E-state index in [2.05, 4.69) is 25.5 Å². The van der Waals surface area contributed by atoms with Crippen LogP contribution in [0.3, 0.4) is 0 Å². The van der Waals surface area contributed by atoms with Crippen molar-refractivity contribution in [2.45, 2.75) is 31.1 Å². The van der Waals surface area contributed by atoms with Gasteiger partial charge in [-0.2, -0.15) is 0 Å². The fraction of sp³-hybridized carbons (Fsp3) is 0.300. The molecule has 7 heteroatoms. The summed E-state index contributed by atoms with van der Waals surface area (Å²) in [6.45, 7) is 5.81. The van der Waals surface area contributed by atoms with E-state index in [0.29, 0.717) is 5.56 Å². The fourth-order valence-electron chi connectivity index (χ4n) is 2.36. The zero-order valence-corrected chi connectivity index (χ0v) is 16.6. The number of ketones is 1. The van der Waals surface area contributed by atoms with Crippen LogP contribution in [0.25, 0.3) is 0 Å². The Hall–Kier alpha value is -2.51. The molecule has 1 N–H and O–H groups in total. The lowest BCUT2D eigenvalue weighted by atomic mass is 9.86. The first-order chi connectivity index (χ1) is 12.5.